The highest BCUT2D eigenvalue weighted by molar-refractivity contribution is 6.39. The van der Waals surface area contributed by atoms with E-state index in [2.05, 4.69) is 10.4 Å². The number of amides is 1. The fourth-order valence-electron chi connectivity index (χ4n) is 1.54. The number of hydrogen-bond donors (Lipinski definition) is 1. The Morgan fingerprint density at radius 1 is 1.37 bits per heavy atom. The lowest BCUT2D eigenvalue weighted by Gasteiger charge is -2.02. The Balaban J connectivity index is 2.05. The minimum Gasteiger partial charge on any atom is -0.303 e. The summed E-state index contributed by atoms with van der Waals surface area (Å²) in [4.78, 5) is 22.0. The summed E-state index contributed by atoms with van der Waals surface area (Å²) in [5.41, 5.74) is 1.00. The number of nitrogens with zero attached hydrogens (tertiary/aromatic N) is 2. The minimum absolute atomic E-state index is 0.349. The van der Waals surface area contributed by atoms with Crippen LogP contribution in [0.15, 0.2) is 36.5 Å². The number of aromatic nitrogens is 2. The van der Waals surface area contributed by atoms with E-state index in [1.165, 1.54) is 6.92 Å². The number of hydrogen-bond acceptors (Lipinski definition) is 3. The quantitative estimate of drug-likeness (QED) is 0.871. The monoisotopic (exact) mass is 277 g/mol. The Kier molecular flexibility index (Phi) is 3.97. The molecule has 1 N–H and O–H groups in total. The van der Waals surface area contributed by atoms with Gasteiger partial charge < -0.3 is 5.32 Å². The van der Waals surface area contributed by atoms with Crippen LogP contribution >= 0.6 is 11.6 Å². The molecule has 0 spiro atoms. The Bertz CT molecular complexity index is 622. The molecule has 0 bridgehead atoms. The smallest absolute Gasteiger partial charge is 0.292 e. The third-order valence-corrected chi connectivity index (χ3v) is 2.67. The molecule has 0 aliphatic carbocycles. The Hall–Kier alpha value is -2.14. The van der Waals surface area contributed by atoms with Gasteiger partial charge in [-0.3, -0.25) is 14.3 Å². The zero-order valence-corrected chi connectivity index (χ0v) is 11.0. The summed E-state index contributed by atoms with van der Waals surface area (Å²) < 4.78 is 1.65. The van der Waals surface area contributed by atoms with Crippen molar-refractivity contribution in [1.82, 2.24) is 9.78 Å². The number of carbonyl (C=O) groups excluding carboxylic acids is 2. The van der Waals surface area contributed by atoms with Gasteiger partial charge >= 0.3 is 0 Å². The minimum atomic E-state index is -0.673. The molecule has 0 aliphatic heterocycles. The predicted octanol–water partition coefficient (Wildman–Crippen LogP) is 2.11. The maximum absolute atomic E-state index is 11.2. The van der Waals surface area contributed by atoms with Gasteiger partial charge in [-0.05, 0) is 17.7 Å². The van der Waals surface area contributed by atoms with Crippen LogP contribution in [0.3, 0.4) is 0 Å². The summed E-state index contributed by atoms with van der Waals surface area (Å²) in [6.07, 6.45) is 1.72. The van der Waals surface area contributed by atoms with E-state index in [4.69, 9.17) is 11.6 Å². The molecule has 0 saturated carbocycles. The fourth-order valence-corrected chi connectivity index (χ4v) is 1.76. The average Bonchev–Trinajstić information content (AvgIpc) is 2.76. The average molecular weight is 278 g/mol. The maximum Gasteiger partial charge on any atom is 0.292 e. The molecule has 2 aromatic rings. The zero-order valence-electron chi connectivity index (χ0n) is 10.3. The SMILES string of the molecule is CC(=O)C(=O)Nc1ccn(Cc2cccc(Cl)c2)n1. The Labute approximate surface area is 115 Å². The standard InChI is InChI=1S/C13H12ClN3O2/c1-9(18)13(19)15-12-5-6-17(16-12)8-10-3-2-4-11(14)7-10/h2-7H,8H2,1H3,(H,15,16,19). The zero-order chi connectivity index (χ0) is 13.8. The molecule has 6 heteroatoms. The number of nitrogens with one attached hydrogen (secondary N) is 1. The van der Waals surface area contributed by atoms with Gasteiger partial charge in [-0.25, -0.2) is 0 Å². The molecule has 0 radical (unpaired) electrons. The second kappa shape index (κ2) is 5.67. The van der Waals surface area contributed by atoms with Crippen molar-refractivity contribution in [2.75, 3.05) is 5.32 Å². The molecule has 0 atom stereocenters. The molecule has 1 aromatic carbocycles. The summed E-state index contributed by atoms with van der Waals surface area (Å²) >= 11 is 5.90. The first kappa shape index (κ1) is 13.3. The van der Waals surface area contributed by atoms with Gasteiger partial charge in [0.1, 0.15) is 0 Å². The highest BCUT2D eigenvalue weighted by Crippen LogP contribution is 2.12. The van der Waals surface area contributed by atoms with Crippen molar-refractivity contribution in [3.63, 3.8) is 0 Å². The highest BCUT2D eigenvalue weighted by Gasteiger charge is 2.09. The van der Waals surface area contributed by atoms with E-state index in [9.17, 15) is 9.59 Å². The normalized spacial score (nSPS) is 10.2. The van der Waals surface area contributed by atoms with Gasteiger partial charge in [0.15, 0.2) is 5.82 Å². The topological polar surface area (TPSA) is 64.0 Å². The molecule has 2 rings (SSSR count). The molecule has 1 aromatic heterocycles. The van der Waals surface area contributed by atoms with Crippen LogP contribution in [0.2, 0.25) is 5.02 Å². The van der Waals surface area contributed by atoms with E-state index in [1.54, 1.807) is 23.0 Å². The van der Waals surface area contributed by atoms with E-state index in [0.29, 0.717) is 17.4 Å². The molecule has 98 valence electrons. The number of ketones is 1. The van der Waals surface area contributed by atoms with E-state index in [0.717, 1.165) is 5.56 Å². The first-order valence-corrected chi connectivity index (χ1v) is 6.02. The van der Waals surface area contributed by atoms with Crippen molar-refractivity contribution >= 4 is 29.1 Å². The van der Waals surface area contributed by atoms with Crippen LogP contribution in [0, 0.1) is 0 Å². The van der Waals surface area contributed by atoms with Crippen LogP contribution in [0.4, 0.5) is 5.82 Å². The van der Waals surface area contributed by atoms with E-state index in [-0.39, 0.29) is 0 Å². The van der Waals surface area contributed by atoms with Gasteiger partial charge in [-0.15, -0.1) is 0 Å². The summed E-state index contributed by atoms with van der Waals surface area (Å²) in [7, 11) is 0. The van der Waals surface area contributed by atoms with Gasteiger partial charge in [-0.2, -0.15) is 5.10 Å². The first-order valence-electron chi connectivity index (χ1n) is 5.64. The second-order valence-electron chi connectivity index (χ2n) is 4.04. The van der Waals surface area contributed by atoms with Crippen LogP contribution < -0.4 is 5.32 Å². The summed E-state index contributed by atoms with van der Waals surface area (Å²) in [5, 5.41) is 7.22. The lowest BCUT2D eigenvalue weighted by molar-refractivity contribution is -0.133. The molecule has 0 unspecified atom stereocenters. The van der Waals surface area contributed by atoms with Gasteiger partial charge in [-0.1, -0.05) is 23.7 Å². The van der Waals surface area contributed by atoms with Crippen molar-refractivity contribution < 1.29 is 9.59 Å². The summed E-state index contributed by atoms with van der Waals surface area (Å²) in [6.45, 7) is 1.74. The van der Waals surface area contributed by atoms with Crippen molar-refractivity contribution in [2.24, 2.45) is 0 Å². The number of benzene rings is 1. The van der Waals surface area contributed by atoms with E-state index in [1.807, 2.05) is 18.2 Å². The van der Waals surface area contributed by atoms with Crippen molar-refractivity contribution in [3.05, 3.63) is 47.1 Å². The van der Waals surface area contributed by atoms with Crippen LogP contribution in [0.1, 0.15) is 12.5 Å². The molecule has 1 heterocycles. The van der Waals surface area contributed by atoms with Crippen LogP contribution in [0.25, 0.3) is 0 Å². The fraction of sp³-hybridized carbons (Fsp3) is 0.154. The van der Waals surface area contributed by atoms with Gasteiger partial charge in [0.2, 0.25) is 5.78 Å². The van der Waals surface area contributed by atoms with Gasteiger partial charge in [0, 0.05) is 24.2 Å². The van der Waals surface area contributed by atoms with Crippen LogP contribution in [0.5, 0.6) is 0 Å². The number of rotatable bonds is 4. The number of Topliss-reactive ketones (excluding diaryl/α,β-unsaturated/α-hetero) is 1. The molecule has 1 amide bonds. The lowest BCUT2D eigenvalue weighted by Crippen LogP contribution is -2.20. The molecule has 0 saturated heterocycles. The predicted molar refractivity (Wildman–Crippen MR) is 72.1 cm³/mol. The second-order valence-corrected chi connectivity index (χ2v) is 4.48. The maximum atomic E-state index is 11.2. The van der Waals surface area contributed by atoms with Gasteiger partial charge in [0.05, 0.1) is 6.54 Å². The van der Waals surface area contributed by atoms with Crippen molar-refractivity contribution in [2.45, 2.75) is 13.5 Å². The molecule has 0 aliphatic rings. The molecule has 19 heavy (non-hydrogen) atoms. The van der Waals surface area contributed by atoms with E-state index >= 15 is 0 Å². The van der Waals surface area contributed by atoms with Crippen molar-refractivity contribution in [3.8, 4) is 0 Å². The first-order chi connectivity index (χ1) is 9.04. The Morgan fingerprint density at radius 3 is 2.84 bits per heavy atom. The van der Waals surface area contributed by atoms with Crippen molar-refractivity contribution in [1.29, 1.82) is 0 Å². The summed E-state index contributed by atoms with van der Waals surface area (Å²) in [5.74, 6) is -0.875. The third-order valence-electron chi connectivity index (χ3n) is 2.44. The van der Waals surface area contributed by atoms with Crippen LogP contribution in [-0.2, 0) is 16.1 Å². The number of halogens is 1. The molecular formula is C13H12ClN3O2. The number of carbonyl (C=O) groups is 2. The Morgan fingerprint density at radius 2 is 2.16 bits per heavy atom. The lowest BCUT2D eigenvalue weighted by atomic mass is 10.2. The molecule has 0 fully saturated rings. The highest BCUT2D eigenvalue weighted by atomic mass is 35.5. The third kappa shape index (κ3) is 3.66. The van der Waals surface area contributed by atoms with Gasteiger partial charge in [0.25, 0.3) is 5.91 Å². The van der Waals surface area contributed by atoms with E-state index < -0.39 is 11.7 Å². The number of anilines is 1. The molecule has 5 nitrogen and oxygen atoms in total. The molecular weight excluding hydrogens is 266 g/mol. The van der Waals surface area contributed by atoms with Crippen LogP contribution in [-0.4, -0.2) is 21.5 Å². The summed E-state index contributed by atoms with van der Waals surface area (Å²) in [6, 6.07) is 9.07. The largest absolute Gasteiger partial charge is 0.303 e.